The number of carbonyl (C=O) groups is 4. The van der Waals surface area contributed by atoms with Crippen molar-refractivity contribution < 1.29 is 80.2 Å². The number of esters is 4. The Hall–Kier alpha value is -2.46. The zero-order valence-corrected chi connectivity index (χ0v) is 64.1. The molecule has 0 saturated heterocycles. The molecule has 0 fully saturated rings. The van der Waals surface area contributed by atoms with E-state index in [9.17, 15) is 43.2 Å². The third-order valence-electron chi connectivity index (χ3n) is 17.6. The zero-order valence-electron chi connectivity index (χ0n) is 62.3. The summed E-state index contributed by atoms with van der Waals surface area (Å²) in [7, 11) is -9.93. The van der Waals surface area contributed by atoms with E-state index < -0.39 is 97.5 Å². The number of unbranched alkanes of at least 4 members (excludes halogenated alkanes) is 37. The van der Waals surface area contributed by atoms with Gasteiger partial charge in [-0.25, -0.2) is 9.13 Å². The first kappa shape index (κ1) is 93.5. The molecule has 6 atom stereocenters. The lowest BCUT2D eigenvalue weighted by atomic mass is 9.99. The monoisotopic (exact) mass is 1410 g/mol. The summed E-state index contributed by atoms with van der Waals surface area (Å²) < 4.78 is 68.5. The van der Waals surface area contributed by atoms with Crippen LogP contribution in [-0.4, -0.2) is 96.7 Å². The number of aliphatic hydroxyl groups is 1. The van der Waals surface area contributed by atoms with Gasteiger partial charge in [0.2, 0.25) is 0 Å². The van der Waals surface area contributed by atoms with Crippen molar-refractivity contribution in [3.8, 4) is 0 Å². The fourth-order valence-electron chi connectivity index (χ4n) is 11.2. The second-order valence-electron chi connectivity index (χ2n) is 28.3. The summed E-state index contributed by atoms with van der Waals surface area (Å²) in [5.41, 5.74) is 0. The Kier molecular flexibility index (Phi) is 65.3. The molecule has 96 heavy (non-hydrogen) atoms. The molecule has 0 aromatic carbocycles. The average Bonchev–Trinajstić information content (AvgIpc) is 1.13. The lowest BCUT2D eigenvalue weighted by molar-refractivity contribution is -0.161. The maximum atomic E-state index is 13.1. The van der Waals surface area contributed by atoms with Gasteiger partial charge in [-0.15, -0.1) is 0 Å². The predicted molar refractivity (Wildman–Crippen MR) is 390 cm³/mol. The summed E-state index contributed by atoms with van der Waals surface area (Å²) >= 11 is 0. The van der Waals surface area contributed by atoms with E-state index in [0.29, 0.717) is 31.6 Å². The van der Waals surface area contributed by atoms with Gasteiger partial charge < -0.3 is 33.8 Å². The maximum absolute atomic E-state index is 13.1. The van der Waals surface area contributed by atoms with E-state index in [4.69, 9.17) is 37.0 Å². The minimum atomic E-state index is -4.96. The Bertz CT molecular complexity index is 1970. The average molecular weight is 1410 g/mol. The van der Waals surface area contributed by atoms with Crippen LogP contribution in [0.3, 0.4) is 0 Å². The van der Waals surface area contributed by atoms with E-state index in [1.165, 1.54) is 161 Å². The van der Waals surface area contributed by atoms with Crippen molar-refractivity contribution in [2.75, 3.05) is 39.6 Å². The fraction of sp³-hybridized carbons (Fsp3) is 0.896. The van der Waals surface area contributed by atoms with Gasteiger partial charge in [0.25, 0.3) is 0 Å². The highest BCUT2D eigenvalue weighted by Crippen LogP contribution is 2.45. The number of phosphoric acid groups is 2. The van der Waals surface area contributed by atoms with Crippen molar-refractivity contribution in [1.82, 2.24) is 0 Å². The first-order chi connectivity index (χ1) is 46.3. The standard InChI is InChI=1S/C77H146O17P2/c1-8-10-11-12-13-14-15-16-17-21-26-32-37-46-53-61-77(82)94-73(65-88-75(80)59-52-45-40-39-42-49-56-69(5)6)67-92-96(85,86)90-63-71(78)62-89-95(83,84)91-66-72(64-87-74(79)58-51-44-36-31-28-23-24-29-34-41-48-55-68(3)4)93-76(81)60-54-47-38-33-27-22-19-18-20-25-30-35-43-50-57-70(7)9-2/h14-17,68-73,78H,8-13,18-67H2,1-7H3,(H,83,84)(H,85,86)/b15-14-,17-16-/t70?,71-,72-,73-/m1/s1. The van der Waals surface area contributed by atoms with Crippen LogP contribution in [0.1, 0.15) is 370 Å². The van der Waals surface area contributed by atoms with E-state index >= 15 is 0 Å². The SMILES string of the molecule is CCCCCC/C=C\C=C/CCCCCCCC(=O)O[C@H](COC(=O)CCCCCCCCC(C)C)COP(=O)(O)OC[C@H](O)COP(=O)(O)OC[C@@H](COC(=O)CCCCCCCCCCCCCC(C)C)OC(=O)CCCCCCCCCCCCCCCCC(C)CC. The van der Waals surface area contributed by atoms with Gasteiger partial charge in [0.05, 0.1) is 26.4 Å². The van der Waals surface area contributed by atoms with Crippen molar-refractivity contribution in [3.63, 3.8) is 0 Å². The van der Waals surface area contributed by atoms with Crippen LogP contribution in [0.4, 0.5) is 0 Å². The van der Waals surface area contributed by atoms with E-state index in [1.54, 1.807) is 0 Å². The Balaban J connectivity index is 5.27. The van der Waals surface area contributed by atoms with Crippen molar-refractivity contribution >= 4 is 39.5 Å². The Morgan fingerprint density at radius 1 is 0.344 bits per heavy atom. The van der Waals surface area contributed by atoms with Gasteiger partial charge >= 0.3 is 39.5 Å². The van der Waals surface area contributed by atoms with Crippen LogP contribution in [0.2, 0.25) is 0 Å². The Morgan fingerprint density at radius 3 is 0.927 bits per heavy atom. The summed E-state index contributed by atoms with van der Waals surface area (Å²) in [5, 5.41) is 10.6. The number of carbonyl (C=O) groups excluding carboxylic acids is 4. The zero-order chi connectivity index (χ0) is 70.9. The summed E-state index contributed by atoms with van der Waals surface area (Å²) in [6.45, 7) is 11.8. The fourth-order valence-corrected chi connectivity index (χ4v) is 12.8. The first-order valence-electron chi connectivity index (χ1n) is 39.2. The van der Waals surface area contributed by atoms with Gasteiger partial charge in [0.1, 0.15) is 19.3 Å². The van der Waals surface area contributed by atoms with Gasteiger partial charge in [-0.1, -0.05) is 317 Å². The number of phosphoric ester groups is 2. The third-order valence-corrected chi connectivity index (χ3v) is 19.5. The lowest BCUT2D eigenvalue weighted by Gasteiger charge is -2.21. The topological polar surface area (TPSA) is 237 Å². The minimum absolute atomic E-state index is 0.0837. The van der Waals surface area contributed by atoms with Gasteiger partial charge in [-0.05, 0) is 69.1 Å². The van der Waals surface area contributed by atoms with Crippen LogP contribution < -0.4 is 0 Å². The number of allylic oxidation sites excluding steroid dienone is 4. The highest BCUT2D eigenvalue weighted by atomic mass is 31.2. The number of aliphatic hydroxyl groups excluding tert-OH is 1. The Labute approximate surface area is 586 Å². The second-order valence-corrected chi connectivity index (χ2v) is 31.2. The molecule has 0 aromatic rings. The van der Waals surface area contributed by atoms with Gasteiger partial charge in [-0.2, -0.15) is 0 Å². The molecule has 3 N–H and O–H groups in total. The molecule has 0 aliphatic carbocycles. The molecule has 0 amide bonds. The minimum Gasteiger partial charge on any atom is -0.462 e. The molecule has 0 heterocycles. The normalized spacial score (nSPS) is 14.5. The molecule has 3 unspecified atom stereocenters. The van der Waals surface area contributed by atoms with E-state index in [1.807, 2.05) is 0 Å². The molecule has 0 rings (SSSR count). The van der Waals surface area contributed by atoms with Crippen molar-refractivity contribution in [1.29, 1.82) is 0 Å². The number of hydrogen-bond donors (Lipinski definition) is 3. The molecule has 0 aromatic heterocycles. The summed E-state index contributed by atoms with van der Waals surface area (Å²) in [6.07, 6.45) is 56.4. The third kappa shape index (κ3) is 68.7. The van der Waals surface area contributed by atoms with Crippen molar-refractivity contribution in [2.24, 2.45) is 17.8 Å². The highest BCUT2D eigenvalue weighted by Gasteiger charge is 2.30. The highest BCUT2D eigenvalue weighted by molar-refractivity contribution is 7.47. The molecule has 0 saturated carbocycles. The number of hydrogen-bond acceptors (Lipinski definition) is 15. The molecular formula is C77H146O17P2. The predicted octanol–water partition coefficient (Wildman–Crippen LogP) is 22.1. The van der Waals surface area contributed by atoms with E-state index in [-0.39, 0.29) is 25.7 Å². The van der Waals surface area contributed by atoms with Crippen LogP contribution in [0.5, 0.6) is 0 Å². The Morgan fingerprint density at radius 2 is 0.615 bits per heavy atom. The number of ether oxygens (including phenoxy) is 4. The first-order valence-corrected chi connectivity index (χ1v) is 42.2. The quantitative estimate of drug-likeness (QED) is 0.0169. The molecular weight excluding hydrogens is 1260 g/mol. The van der Waals surface area contributed by atoms with Crippen LogP contribution in [-0.2, 0) is 65.4 Å². The van der Waals surface area contributed by atoms with Crippen molar-refractivity contribution in [3.05, 3.63) is 24.3 Å². The molecule has 0 aliphatic heterocycles. The maximum Gasteiger partial charge on any atom is 0.472 e. The molecule has 0 radical (unpaired) electrons. The van der Waals surface area contributed by atoms with E-state index in [2.05, 4.69) is 72.8 Å². The van der Waals surface area contributed by atoms with Crippen LogP contribution in [0, 0.1) is 17.8 Å². The van der Waals surface area contributed by atoms with Crippen LogP contribution >= 0.6 is 15.6 Å². The van der Waals surface area contributed by atoms with Crippen LogP contribution in [0.15, 0.2) is 24.3 Å². The molecule has 19 heteroatoms. The molecule has 17 nitrogen and oxygen atoms in total. The van der Waals surface area contributed by atoms with Crippen LogP contribution in [0.25, 0.3) is 0 Å². The second kappa shape index (κ2) is 67.1. The van der Waals surface area contributed by atoms with Gasteiger partial charge in [-0.3, -0.25) is 37.3 Å². The van der Waals surface area contributed by atoms with E-state index in [0.717, 1.165) is 121 Å². The molecule has 566 valence electrons. The summed E-state index contributed by atoms with van der Waals surface area (Å²) in [6, 6.07) is 0. The van der Waals surface area contributed by atoms with Gasteiger partial charge in [0, 0.05) is 25.7 Å². The van der Waals surface area contributed by atoms with Gasteiger partial charge in [0.15, 0.2) is 12.2 Å². The number of rotatable bonds is 73. The molecule has 0 spiro atoms. The lowest BCUT2D eigenvalue weighted by Crippen LogP contribution is -2.30. The smallest absolute Gasteiger partial charge is 0.462 e. The summed E-state index contributed by atoms with van der Waals surface area (Å²) in [4.78, 5) is 72.8. The largest absolute Gasteiger partial charge is 0.472 e. The summed E-state index contributed by atoms with van der Waals surface area (Å²) in [5.74, 6) is 0.141. The van der Waals surface area contributed by atoms with Crippen molar-refractivity contribution in [2.45, 2.75) is 388 Å². The molecule has 0 bridgehead atoms. The molecule has 0 aliphatic rings.